The Morgan fingerprint density at radius 2 is 2.33 bits per heavy atom. The molecule has 21 heavy (non-hydrogen) atoms. The van der Waals surface area contributed by atoms with Gasteiger partial charge in [0.05, 0.1) is 24.8 Å². The first kappa shape index (κ1) is 13.7. The van der Waals surface area contributed by atoms with Crippen LogP contribution < -0.4 is 11.1 Å². The van der Waals surface area contributed by atoms with Crippen LogP contribution in [0.3, 0.4) is 0 Å². The van der Waals surface area contributed by atoms with Gasteiger partial charge in [-0.1, -0.05) is 6.07 Å². The lowest BCUT2D eigenvalue weighted by molar-refractivity contribution is -0.120. The fraction of sp³-hybridized carbons (Fsp3) is 0.385. The molecular weight excluding hydrogens is 272 g/mol. The summed E-state index contributed by atoms with van der Waals surface area (Å²) >= 11 is 0. The highest BCUT2D eigenvalue weighted by molar-refractivity contribution is 5.93. The monoisotopic (exact) mass is 288 g/mol. The van der Waals surface area contributed by atoms with Crippen molar-refractivity contribution in [1.82, 2.24) is 20.2 Å². The maximum atomic E-state index is 12.2. The Balaban J connectivity index is 1.80. The molecule has 2 heterocycles. The largest absolute Gasteiger partial charge is 0.379 e. The highest BCUT2D eigenvalue weighted by Crippen LogP contribution is 2.20. The van der Waals surface area contributed by atoms with Gasteiger partial charge in [-0.15, -0.1) is 5.10 Å². The van der Waals surface area contributed by atoms with Gasteiger partial charge in [-0.05, 0) is 35.0 Å². The summed E-state index contributed by atoms with van der Waals surface area (Å²) in [6, 6.07) is 5.31. The molecule has 8 nitrogen and oxygen atoms in total. The molecule has 1 saturated heterocycles. The Hall–Kier alpha value is -2.32. The Kier molecular flexibility index (Phi) is 3.63. The van der Waals surface area contributed by atoms with Crippen LogP contribution in [-0.2, 0) is 9.53 Å². The number of rotatable bonds is 3. The predicted octanol–water partition coefficient (Wildman–Crippen LogP) is -0.117. The number of aromatic nitrogens is 4. The molecule has 1 amide bonds. The SMILES string of the molecule is Cc1ccc(NC(=O)C2COCC2N)cc1-n1cnnn1. The second-order valence-corrected chi connectivity index (χ2v) is 5.05. The molecule has 1 aromatic heterocycles. The molecule has 110 valence electrons. The van der Waals surface area contributed by atoms with Gasteiger partial charge in [-0.3, -0.25) is 4.79 Å². The average Bonchev–Trinajstić information content (AvgIpc) is 3.12. The van der Waals surface area contributed by atoms with Crippen LogP contribution >= 0.6 is 0 Å². The maximum Gasteiger partial charge on any atom is 0.231 e. The molecule has 0 bridgehead atoms. The van der Waals surface area contributed by atoms with E-state index in [1.807, 2.05) is 25.1 Å². The lowest BCUT2D eigenvalue weighted by atomic mass is 10.0. The van der Waals surface area contributed by atoms with E-state index in [1.54, 1.807) is 4.68 Å². The number of nitrogens with zero attached hydrogens (tertiary/aromatic N) is 4. The first-order chi connectivity index (χ1) is 10.1. The molecule has 0 saturated carbocycles. The van der Waals surface area contributed by atoms with Crippen LogP contribution in [0.15, 0.2) is 24.5 Å². The van der Waals surface area contributed by atoms with E-state index in [9.17, 15) is 4.79 Å². The van der Waals surface area contributed by atoms with Crippen molar-refractivity contribution >= 4 is 11.6 Å². The van der Waals surface area contributed by atoms with Gasteiger partial charge in [0.25, 0.3) is 0 Å². The van der Waals surface area contributed by atoms with Crippen LogP contribution in [0.2, 0.25) is 0 Å². The maximum absolute atomic E-state index is 12.2. The number of carbonyl (C=O) groups is 1. The first-order valence-corrected chi connectivity index (χ1v) is 6.63. The van der Waals surface area contributed by atoms with Gasteiger partial charge in [-0.2, -0.15) is 0 Å². The standard InChI is InChI=1S/C13H16N6O2/c1-8-2-3-9(4-12(8)19-7-15-17-18-19)16-13(20)10-5-21-6-11(10)14/h2-4,7,10-11H,5-6,14H2,1H3,(H,16,20). The van der Waals surface area contributed by atoms with Gasteiger partial charge in [0.2, 0.25) is 5.91 Å². The number of amides is 1. The Bertz CT molecular complexity index is 642. The fourth-order valence-electron chi connectivity index (χ4n) is 2.28. The van der Waals surface area contributed by atoms with Crippen molar-refractivity contribution in [3.8, 4) is 5.69 Å². The van der Waals surface area contributed by atoms with E-state index < -0.39 is 0 Å². The van der Waals surface area contributed by atoms with Crippen LogP contribution in [-0.4, -0.2) is 45.4 Å². The van der Waals surface area contributed by atoms with Gasteiger partial charge in [0, 0.05) is 11.7 Å². The summed E-state index contributed by atoms with van der Waals surface area (Å²) in [6.07, 6.45) is 1.51. The van der Waals surface area contributed by atoms with Gasteiger partial charge < -0.3 is 15.8 Å². The minimum atomic E-state index is -0.317. The normalized spacial score (nSPS) is 21.4. The highest BCUT2D eigenvalue weighted by Gasteiger charge is 2.31. The molecule has 0 spiro atoms. The van der Waals surface area contributed by atoms with Crippen molar-refractivity contribution in [2.75, 3.05) is 18.5 Å². The van der Waals surface area contributed by atoms with E-state index in [-0.39, 0.29) is 17.9 Å². The molecule has 3 N–H and O–H groups in total. The number of anilines is 1. The summed E-state index contributed by atoms with van der Waals surface area (Å²) in [5, 5.41) is 14.0. The van der Waals surface area contributed by atoms with Crippen LogP contribution in [0.1, 0.15) is 5.56 Å². The van der Waals surface area contributed by atoms with Crippen molar-refractivity contribution in [1.29, 1.82) is 0 Å². The quantitative estimate of drug-likeness (QED) is 0.815. The van der Waals surface area contributed by atoms with Crippen molar-refractivity contribution in [2.24, 2.45) is 11.7 Å². The molecule has 0 radical (unpaired) electrons. The van der Waals surface area contributed by atoms with Crippen LogP contribution in [0.25, 0.3) is 5.69 Å². The van der Waals surface area contributed by atoms with Gasteiger partial charge in [0.15, 0.2) is 0 Å². The van der Waals surface area contributed by atoms with E-state index in [0.29, 0.717) is 18.9 Å². The van der Waals surface area contributed by atoms with Crippen LogP contribution in [0.5, 0.6) is 0 Å². The molecule has 1 fully saturated rings. The minimum absolute atomic E-state index is 0.133. The summed E-state index contributed by atoms with van der Waals surface area (Å²) in [5.74, 6) is -0.450. The summed E-state index contributed by atoms with van der Waals surface area (Å²) in [6.45, 7) is 2.73. The van der Waals surface area contributed by atoms with Crippen molar-refractivity contribution in [2.45, 2.75) is 13.0 Å². The summed E-state index contributed by atoms with van der Waals surface area (Å²) in [7, 11) is 0. The predicted molar refractivity (Wildman–Crippen MR) is 74.8 cm³/mol. The fourth-order valence-corrected chi connectivity index (χ4v) is 2.28. The van der Waals surface area contributed by atoms with E-state index in [4.69, 9.17) is 10.5 Å². The van der Waals surface area contributed by atoms with Crippen LogP contribution in [0, 0.1) is 12.8 Å². The van der Waals surface area contributed by atoms with Gasteiger partial charge >= 0.3 is 0 Å². The van der Waals surface area contributed by atoms with Gasteiger partial charge in [0.1, 0.15) is 6.33 Å². The third kappa shape index (κ3) is 2.76. The Labute approximate surface area is 121 Å². The van der Waals surface area contributed by atoms with Gasteiger partial charge in [-0.25, -0.2) is 4.68 Å². The molecular formula is C13H16N6O2. The average molecular weight is 288 g/mol. The molecule has 3 rings (SSSR count). The lowest BCUT2D eigenvalue weighted by Crippen LogP contribution is -2.37. The number of aryl methyl sites for hydroxylation is 1. The molecule has 1 aliphatic heterocycles. The summed E-state index contributed by atoms with van der Waals surface area (Å²) < 4.78 is 6.76. The molecule has 0 aliphatic carbocycles. The van der Waals surface area contributed by atoms with E-state index in [0.717, 1.165) is 11.3 Å². The molecule has 2 unspecified atom stereocenters. The van der Waals surface area contributed by atoms with Crippen molar-refractivity contribution in [3.05, 3.63) is 30.1 Å². The number of benzene rings is 1. The number of ether oxygens (including phenoxy) is 1. The highest BCUT2D eigenvalue weighted by atomic mass is 16.5. The number of nitrogens with two attached hydrogens (primary N) is 1. The zero-order valence-electron chi connectivity index (χ0n) is 11.6. The second-order valence-electron chi connectivity index (χ2n) is 5.05. The first-order valence-electron chi connectivity index (χ1n) is 6.63. The number of nitrogens with one attached hydrogen (secondary N) is 1. The number of hydrogen-bond acceptors (Lipinski definition) is 6. The number of hydrogen-bond donors (Lipinski definition) is 2. The van der Waals surface area contributed by atoms with E-state index >= 15 is 0 Å². The minimum Gasteiger partial charge on any atom is -0.379 e. The summed E-state index contributed by atoms with van der Waals surface area (Å²) in [4.78, 5) is 12.2. The zero-order chi connectivity index (χ0) is 14.8. The van der Waals surface area contributed by atoms with E-state index in [2.05, 4.69) is 20.8 Å². The molecule has 1 aromatic carbocycles. The Morgan fingerprint density at radius 3 is 3.00 bits per heavy atom. The second kappa shape index (κ2) is 5.58. The number of carbonyl (C=O) groups excluding carboxylic acids is 1. The van der Waals surface area contributed by atoms with Crippen LogP contribution in [0.4, 0.5) is 5.69 Å². The molecule has 2 atom stereocenters. The molecule has 1 aliphatic rings. The third-order valence-corrected chi connectivity index (χ3v) is 3.53. The van der Waals surface area contributed by atoms with Crippen molar-refractivity contribution in [3.63, 3.8) is 0 Å². The third-order valence-electron chi connectivity index (χ3n) is 3.53. The lowest BCUT2D eigenvalue weighted by Gasteiger charge is -2.14. The zero-order valence-corrected chi connectivity index (χ0v) is 11.6. The van der Waals surface area contributed by atoms with E-state index in [1.165, 1.54) is 6.33 Å². The smallest absolute Gasteiger partial charge is 0.231 e. The Morgan fingerprint density at radius 1 is 1.48 bits per heavy atom. The van der Waals surface area contributed by atoms with Crippen molar-refractivity contribution < 1.29 is 9.53 Å². The molecule has 2 aromatic rings. The summed E-state index contributed by atoms with van der Waals surface area (Å²) in [5.41, 5.74) is 8.34. The molecule has 8 heteroatoms. The topological polar surface area (TPSA) is 108 Å². The number of tetrazole rings is 1.